The van der Waals surface area contributed by atoms with Crippen molar-refractivity contribution in [1.29, 1.82) is 0 Å². The lowest BCUT2D eigenvalue weighted by Crippen LogP contribution is -2.07. The van der Waals surface area contributed by atoms with Gasteiger partial charge >= 0.3 is 0 Å². The first-order valence-electron chi connectivity index (χ1n) is 6.47. The van der Waals surface area contributed by atoms with Crippen LogP contribution in [0.3, 0.4) is 0 Å². The number of hydrogen-bond acceptors (Lipinski definition) is 4. The van der Waals surface area contributed by atoms with Crippen LogP contribution >= 0.6 is 0 Å². The predicted octanol–water partition coefficient (Wildman–Crippen LogP) is 2.69. The van der Waals surface area contributed by atoms with Crippen LogP contribution in [0.2, 0.25) is 0 Å². The maximum atomic E-state index is 11.6. The Morgan fingerprint density at radius 2 is 2.20 bits per heavy atom. The fraction of sp³-hybridized carbons (Fsp3) is 0.333. The Balaban J connectivity index is 2.21. The first-order chi connectivity index (χ1) is 9.65. The molecular formula is C15H18N2O3. The Bertz CT molecular complexity index is 605. The van der Waals surface area contributed by atoms with Gasteiger partial charge < -0.3 is 14.0 Å². The molecule has 0 unspecified atom stereocenters. The molecule has 1 heterocycles. The van der Waals surface area contributed by atoms with E-state index in [-0.39, 0.29) is 5.78 Å². The number of ether oxygens (including phenoxy) is 2. The molecule has 5 heteroatoms. The number of carbonyl (C=O) groups is 1. The molecule has 0 fully saturated rings. The average molecular weight is 274 g/mol. The lowest BCUT2D eigenvalue weighted by molar-refractivity contribution is 0.101. The van der Waals surface area contributed by atoms with Gasteiger partial charge in [0.2, 0.25) is 0 Å². The maximum absolute atomic E-state index is 11.6. The van der Waals surface area contributed by atoms with Crippen LogP contribution in [0.5, 0.6) is 11.5 Å². The molecule has 0 N–H and O–H groups in total. The number of imidazole rings is 1. The zero-order valence-electron chi connectivity index (χ0n) is 11.9. The van der Waals surface area contributed by atoms with Crippen LogP contribution in [0.4, 0.5) is 0 Å². The Morgan fingerprint density at radius 1 is 1.40 bits per heavy atom. The smallest absolute Gasteiger partial charge is 0.163 e. The summed E-state index contributed by atoms with van der Waals surface area (Å²) in [6.07, 6.45) is 3.63. The standard InChI is InChI=1S/C15H18N2O3/c1-4-17-8-7-16-15(17)10-20-14-9-12(19-3)5-6-13(14)11(2)18/h5-9H,4,10H2,1-3H3. The average Bonchev–Trinajstić information content (AvgIpc) is 2.91. The van der Waals surface area contributed by atoms with E-state index in [0.29, 0.717) is 23.7 Å². The molecular weight excluding hydrogens is 256 g/mol. The van der Waals surface area contributed by atoms with Crippen LogP contribution in [-0.4, -0.2) is 22.4 Å². The van der Waals surface area contributed by atoms with E-state index in [1.54, 1.807) is 31.5 Å². The molecule has 106 valence electrons. The molecule has 0 radical (unpaired) electrons. The summed E-state index contributed by atoms with van der Waals surface area (Å²) in [6.45, 7) is 4.70. The van der Waals surface area contributed by atoms with Crippen molar-refractivity contribution in [2.45, 2.75) is 27.0 Å². The van der Waals surface area contributed by atoms with Gasteiger partial charge in [-0.15, -0.1) is 0 Å². The van der Waals surface area contributed by atoms with E-state index >= 15 is 0 Å². The third-order valence-electron chi connectivity index (χ3n) is 3.07. The van der Waals surface area contributed by atoms with Crippen molar-refractivity contribution < 1.29 is 14.3 Å². The molecule has 0 saturated heterocycles. The summed E-state index contributed by atoms with van der Waals surface area (Å²) in [6, 6.07) is 5.18. The minimum atomic E-state index is -0.0403. The number of Topliss-reactive ketones (excluding diaryl/α,β-unsaturated/α-hetero) is 1. The minimum Gasteiger partial charge on any atom is -0.497 e. The third-order valence-corrected chi connectivity index (χ3v) is 3.07. The van der Waals surface area contributed by atoms with Gasteiger partial charge in [-0.1, -0.05) is 0 Å². The van der Waals surface area contributed by atoms with Gasteiger partial charge in [0.25, 0.3) is 0 Å². The molecule has 1 aromatic heterocycles. The summed E-state index contributed by atoms with van der Waals surface area (Å²) in [7, 11) is 1.58. The molecule has 2 aromatic rings. The van der Waals surface area contributed by atoms with Crippen molar-refractivity contribution in [2.75, 3.05) is 7.11 Å². The molecule has 0 bridgehead atoms. The zero-order valence-corrected chi connectivity index (χ0v) is 11.9. The Kier molecular flexibility index (Phi) is 4.40. The fourth-order valence-corrected chi connectivity index (χ4v) is 1.95. The number of nitrogens with zero attached hydrogens (tertiary/aromatic N) is 2. The second-order valence-corrected chi connectivity index (χ2v) is 4.34. The molecule has 0 aliphatic rings. The Hall–Kier alpha value is -2.30. The van der Waals surface area contributed by atoms with Crippen molar-refractivity contribution in [3.8, 4) is 11.5 Å². The first kappa shape index (κ1) is 14.1. The van der Waals surface area contributed by atoms with Crippen molar-refractivity contribution in [3.05, 3.63) is 42.0 Å². The fourth-order valence-electron chi connectivity index (χ4n) is 1.95. The van der Waals surface area contributed by atoms with Crippen molar-refractivity contribution in [3.63, 3.8) is 0 Å². The van der Waals surface area contributed by atoms with Gasteiger partial charge in [0.1, 0.15) is 23.9 Å². The highest BCUT2D eigenvalue weighted by atomic mass is 16.5. The van der Waals surface area contributed by atoms with Crippen molar-refractivity contribution in [1.82, 2.24) is 9.55 Å². The van der Waals surface area contributed by atoms with Gasteiger partial charge in [-0.25, -0.2) is 4.98 Å². The van der Waals surface area contributed by atoms with E-state index in [0.717, 1.165) is 12.4 Å². The molecule has 0 aliphatic heterocycles. The number of methoxy groups -OCH3 is 1. The highest BCUT2D eigenvalue weighted by molar-refractivity contribution is 5.97. The number of benzene rings is 1. The Morgan fingerprint density at radius 3 is 2.85 bits per heavy atom. The van der Waals surface area contributed by atoms with Crippen LogP contribution in [-0.2, 0) is 13.2 Å². The third kappa shape index (κ3) is 2.99. The predicted molar refractivity (Wildman–Crippen MR) is 75.2 cm³/mol. The minimum absolute atomic E-state index is 0.0403. The van der Waals surface area contributed by atoms with Crippen LogP contribution in [0.15, 0.2) is 30.6 Å². The molecule has 0 aliphatic carbocycles. The number of rotatable bonds is 6. The van der Waals surface area contributed by atoms with E-state index in [1.807, 2.05) is 17.7 Å². The number of carbonyl (C=O) groups excluding carboxylic acids is 1. The van der Waals surface area contributed by atoms with Crippen molar-refractivity contribution in [2.24, 2.45) is 0 Å². The SMILES string of the molecule is CCn1ccnc1COc1cc(OC)ccc1C(C)=O. The quantitative estimate of drug-likeness (QED) is 0.760. The van der Waals surface area contributed by atoms with E-state index in [1.165, 1.54) is 6.92 Å². The highest BCUT2D eigenvalue weighted by Crippen LogP contribution is 2.26. The van der Waals surface area contributed by atoms with Gasteiger partial charge in [0, 0.05) is 25.0 Å². The number of ketones is 1. The van der Waals surface area contributed by atoms with Crippen LogP contribution < -0.4 is 9.47 Å². The summed E-state index contributed by atoms with van der Waals surface area (Å²) in [5.74, 6) is 1.96. The zero-order chi connectivity index (χ0) is 14.5. The molecule has 0 atom stereocenters. The summed E-state index contributed by atoms with van der Waals surface area (Å²) in [5.41, 5.74) is 0.542. The van der Waals surface area contributed by atoms with E-state index < -0.39 is 0 Å². The molecule has 20 heavy (non-hydrogen) atoms. The van der Waals surface area contributed by atoms with Gasteiger partial charge in [0.15, 0.2) is 5.78 Å². The largest absolute Gasteiger partial charge is 0.497 e. The molecule has 0 saturated carbocycles. The molecule has 1 aromatic carbocycles. The lowest BCUT2D eigenvalue weighted by atomic mass is 10.1. The van der Waals surface area contributed by atoms with Crippen molar-refractivity contribution >= 4 is 5.78 Å². The van der Waals surface area contributed by atoms with Crippen LogP contribution in [0.1, 0.15) is 30.0 Å². The van der Waals surface area contributed by atoms with Gasteiger partial charge in [-0.3, -0.25) is 4.79 Å². The maximum Gasteiger partial charge on any atom is 0.163 e. The van der Waals surface area contributed by atoms with Gasteiger partial charge in [-0.2, -0.15) is 0 Å². The lowest BCUT2D eigenvalue weighted by Gasteiger charge is -2.12. The monoisotopic (exact) mass is 274 g/mol. The second-order valence-electron chi connectivity index (χ2n) is 4.34. The van der Waals surface area contributed by atoms with Crippen LogP contribution in [0.25, 0.3) is 0 Å². The number of aromatic nitrogens is 2. The number of aryl methyl sites for hydroxylation is 1. The summed E-state index contributed by atoms with van der Waals surface area (Å²) < 4.78 is 12.9. The van der Waals surface area contributed by atoms with Gasteiger partial charge in [0.05, 0.1) is 12.7 Å². The van der Waals surface area contributed by atoms with E-state index in [9.17, 15) is 4.79 Å². The van der Waals surface area contributed by atoms with Gasteiger partial charge in [-0.05, 0) is 26.0 Å². The molecule has 5 nitrogen and oxygen atoms in total. The Labute approximate surface area is 118 Å². The summed E-state index contributed by atoms with van der Waals surface area (Å²) >= 11 is 0. The molecule has 0 spiro atoms. The first-order valence-corrected chi connectivity index (χ1v) is 6.47. The summed E-state index contributed by atoms with van der Waals surface area (Å²) in [5, 5.41) is 0. The van der Waals surface area contributed by atoms with E-state index in [4.69, 9.17) is 9.47 Å². The second kappa shape index (κ2) is 6.23. The number of hydrogen-bond donors (Lipinski definition) is 0. The van der Waals surface area contributed by atoms with Crippen LogP contribution in [0, 0.1) is 0 Å². The normalized spacial score (nSPS) is 10.3. The highest BCUT2D eigenvalue weighted by Gasteiger charge is 2.11. The molecule has 0 amide bonds. The molecule has 2 rings (SSSR count). The summed E-state index contributed by atoms with van der Waals surface area (Å²) in [4.78, 5) is 15.8. The van der Waals surface area contributed by atoms with E-state index in [2.05, 4.69) is 4.98 Å². The topological polar surface area (TPSA) is 53.4 Å².